The lowest BCUT2D eigenvalue weighted by Crippen LogP contribution is -2.89. The summed E-state index contributed by atoms with van der Waals surface area (Å²) in [6.45, 7) is 3.73. The maximum atomic E-state index is 12.1. The van der Waals surface area contributed by atoms with Crippen molar-refractivity contribution in [3.05, 3.63) is 50.7 Å². The van der Waals surface area contributed by atoms with Crippen molar-refractivity contribution in [3.63, 3.8) is 0 Å². The smallest absolute Gasteiger partial charge is 0.335 e. The van der Waals surface area contributed by atoms with Crippen LogP contribution in [0.1, 0.15) is 10.4 Å². The van der Waals surface area contributed by atoms with Gasteiger partial charge < -0.3 is 30.1 Å². The predicted octanol–water partition coefficient (Wildman–Crippen LogP) is -2.74. The van der Waals surface area contributed by atoms with Crippen LogP contribution >= 0.6 is 0 Å². The zero-order chi connectivity index (χ0) is 22.5. The topological polar surface area (TPSA) is 173 Å². The third-order valence-corrected chi connectivity index (χ3v) is 4.92. The summed E-state index contributed by atoms with van der Waals surface area (Å²) in [5, 5.41) is 30.5. The number of carboxylic acid groups (broad SMARTS) is 1. The number of nitrogens with two attached hydrogens (primary N) is 1. The highest BCUT2D eigenvalue weighted by molar-refractivity contribution is 5.90. The lowest BCUT2D eigenvalue weighted by atomic mass is 10.2. The van der Waals surface area contributed by atoms with E-state index in [1.54, 1.807) is 11.6 Å². The number of imidazole rings is 1. The molecule has 2 aromatic heterocycles. The van der Waals surface area contributed by atoms with Crippen LogP contribution in [-0.2, 0) is 13.6 Å². The van der Waals surface area contributed by atoms with Crippen molar-refractivity contribution < 1.29 is 25.4 Å². The summed E-state index contributed by atoms with van der Waals surface area (Å²) in [5.74, 6) is -0.987. The molecule has 1 aromatic carbocycles. The van der Waals surface area contributed by atoms with E-state index in [9.17, 15) is 24.6 Å². The molecule has 3 heterocycles. The van der Waals surface area contributed by atoms with Crippen LogP contribution in [0, 0.1) is 0 Å². The number of nitrogens with one attached hydrogen (secondary N) is 1. The van der Waals surface area contributed by atoms with Crippen LogP contribution in [0.4, 0.5) is 5.95 Å². The van der Waals surface area contributed by atoms with E-state index in [4.69, 9.17) is 5.11 Å². The first-order valence-corrected chi connectivity index (χ1v) is 9.71. The molecule has 0 radical (unpaired) electrons. The molecule has 166 valence electrons. The van der Waals surface area contributed by atoms with E-state index >= 15 is 0 Å². The number of carbonyl (C=O) groups is 1. The first-order valence-electron chi connectivity index (χ1n) is 9.71. The normalized spacial score (nSPS) is 13.7. The number of aromatic nitrogens is 4. The summed E-state index contributed by atoms with van der Waals surface area (Å²) in [6.07, 6.45) is 0. The minimum atomic E-state index is -1.18. The Labute approximate surface area is 176 Å². The highest BCUT2D eigenvalue weighted by atomic mass is 16.4. The molecule has 1 saturated heterocycles. The lowest BCUT2D eigenvalue weighted by Gasteiger charge is -2.26. The summed E-state index contributed by atoms with van der Waals surface area (Å²) >= 11 is 0. The van der Waals surface area contributed by atoms with Gasteiger partial charge in [0.25, 0.3) is 5.56 Å². The maximum Gasteiger partial charge on any atom is 0.335 e. The number of piperazine rings is 1. The molecule has 5 N–H and O–H groups in total. The molecule has 0 spiro atoms. The van der Waals surface area contributed by atoms with E-state index in [-0.39, 0.29) is 18.7 Å². The van der Waals surface area contributed by atoms with Gasteiger partial charge in [-0.3, -0.25) is 14.3 Å². The predicted molar refractivity (Wildman–Crippen MR) is 109 cm³/mol. The third-order valence-electron chi connectivity index (χ3n) is 4.92. The molecule has 0 amide bonds. The molecular formula is C19H24N6O6. The Balaban J connectivity index is 0.000000229. The standard InChI is InChI=1S/C12H18N6O3.C7H6O3/c1-16-9-8(10(20)15-12(16)21)18(6-7-19)11(14-9)17-4-2-13-3-5-17;8-6-4-2-1-3-5(6)7(9)10/h13,19H,2-7H2,1H3,(H,15,20,21);1-4,8H,(H,9,10). The second kappa shape index (κ2) is 9.45. The molecule has 4 rings (SSSR count). The zero-order valence-corrected chi connectivity index (χ0v) is 16.9. The fourth-order valence-electron chi connectivity index (χ4n) is 3.37. The number of aryl methyl sites for hydroxylation is 1. The van der Waals surface area contributed by atoms with E-state index in [1.165, 1.54) is 28.8 Å². The van der Waals surface area contributed by atoms with Crippen molar-refractivity contribution >= 4 is 23.1 Å². The van der Waals surface area contributed by atoms with Gasteiger partial charge in [0.15, 0.2) is 11.2 Å². The number of para-hydroxylation sites is 1. The third kappa shape index (κ3) is 4.59. The van der Waals surface area contributed by atoms with Gasteiger partial charge in [-0.2, -0.15) is 4.98 Å². The number of H-pyrrole nitrogens is 1. The molecule has 0 bridgehead atoms. The van der Waals surface area contributed by atoms with Crippen LogP contribution in [0.3, 0.4) is 0 Å². The van der Waals surface area contributed by atoms with Crippen molar-refractivity contribution in [2.45, 2.75) is 6.54 Å². The highest BCUT2D eigenvalue weighted by Crippen LogP contribution is 2.19. The van der Waals surface area contributed by atoms with E-state index < -0.39 is 23.0 Å². The molecule has 12 heteroatoms. The van der Waals surface area contributed by atoms with Crippen molar-refractivity contribution in [2.24, 2.45) is 7.05 Å². The molecule has 1 fully saturated rings. The Bertz CT molecular complexity index is 1190. The van der Waals surface area contributed by atoms with Gasteiger partial charge in [-0.15, -0.1) is 0 Å². The van der Waals surface area contributed by atoms with E-state index in [1.807, 2.05) is 0 Å². The number of aromatic carboxylic acids is 1. The largest absolute Gasteiger partial charge is 0.872 e. The van der Waals surface area contributed by atoms with Gasteiger partial charge in [0, 0.05) is 13.6 Å². The highest BCUT2D eigenvalue weighted by Gasteiger charge is 2.23. The maximum absolute atomic E-state index is 12.1. The molecule has 0 aliphatic carbocycles. The van der Waals surface area contributed by atoms with Crippen molar-refractivity contribution in [1.29, 1.82) is 0 Å². The number of nitrogens with zero attached hydrogens (tertiary/aromatic N) is 4. The summed E-state index contributed by atoms with van der Waals surface area (Å²) in [7, 11) is 1.57. The van der Waals surface area contributed by atoms with Gasteiger partial charge in [-0.1, -0.05) is 23.9 Å². The van der Waals surface area contributed by atoms with Crippen LogP contribution in [0.5, 0.6) is 5.75 Å². The fourth-order valence-corrected chi connectivity index (χ4v) is 3.37. The molecule has 0 unspecified atom stereocenters. The number of aliphatic hydroxyl groups excluding tert-OH is 1. The number of aliphatic hydroxyl groups is 1. The van der Waals surface area contributed by atoms with Gasteiger partial charge in [0.05, 0.1) is 38.3 Å². The number of fused-ring (bicyclic) bond motifs is 1. The van der Waals surface area contributed by atoms with Gasteiger partial charge >= 0.3 is 11.7 Å². The van der Waals surface area contributed by atoms with E-state index in [0.29, 0.717) is 17.1 Å². The number of carboxylic acids is 1. The molecular weight excluding hydrogens is 408 g/mol. The summed E-state index contributed by atoms with van der Waals surface area (Å²) in [6, 6.07) is 5.54. The van der Waals surface area contributed by atoms with Crippen LogP contribution in [0.15, 0.2) is 33.9 Å². The average Bonchev–Trinajstić information content (AvgIpc) is 3.14. The molecule has 12 nitrogen and oxygen atoms in total. The summed E-state index contributed by atoms with van der Waals surface area (Å²) in [5.41, 5.74) is -0.455. The number of hydrogen-bond acceptors (Lipinski definition) is 7. The SMILES string of the molecule is Cn1c(=O)[nH]c(=O)c2c1nc(N1CC[NH2+]CC1)n2CCO.O=C(O)c1ccccc1[O-]. The number of rotatable bonds is 4. The van der Waals surface area contributed by atoms with Gasteiger partial charge in [0.2, 0.25) is 5.95 Å². The van der Waals surface area contributed by atoms with Gasteiger partial charge in [0.1, 0.15) is 0 Å². The van der Waals surface area contributed by atoms with E-state index in [2.05, 4.69) is 20.2 Å². The molecule has 3 aromatic rings. The Morgan fingerprint density at radius 3 is 2.52 bits per heavy atom. The second-order valence-electron chi connectivity index (χ2n) is 6.93. The second-order valence-corrected chi connectivity index (χ2v) is 6.93. The number of quaternary nitrogens is 1. The Kier molecular flexibility index (Phi) is 6.72. The number of benzene rings is 1. The molecule has 1 aliphatic rings. The van der Waals surface area contributed by atoms with Crippen molar-refractivity contribution in [2.75, 3.05) is 37.7 Å². The fraction of sp³-hybridized carbons (Fsp3) is 0.368. The number of hydrogen-bond donors (Lipinski definition) is 4. The first-order chi connectivity index (χ1) is 14.8. The van der Waals surface area contributed by atoms with Crippen molar-refractivity contribution in [3.8, 4) is 5.75 Å². The quantitative estimate of drug-likeness (QED) is 0.343. The Hall–Kier alpha value is -3.64. The summed E-state index contributed by atoms with van der Waals surface area (Å²) < 4.78 is 3.02. The van der Waals surface area contributed by atoms with Crippen LogP contribution < -0.4 is 26.6 Å². The zero-order valence-electron chi connectivity index (χ0n) is 16.9. The lowest BCUT2D eigenvalue weighted by molar-refractivity contribution is -0.655. The summed E-state index contributed by atoms with van der Waals surface area (Å²) in [4.78, 5) is 42.9. The number of aromatic amines is 1. The van der Waals surface area contributed by atoms with E-state index in [0.717, 1.165) is 26.2 Å². The van der Waals surface area contributed by atoms with Gasteiger partial charge in [-0.05, 0) is 6.07 Å². The van der Waals surface area contributed by atoms with Crippen molar-refractivity contribution in [1.82, 2.24) is 19.1 Å². The molecule has 1 aliphatic heterocycles. The molecule has 31 heavy (non-hydrogen) atoms. The van der Waals surface area contributed by atoms with Crippen LogP contribution in [-0.4, -0.2) is 68.1 Å². The average molecular weight is 432 g/mol. The molecule has 0 saturated carbocycles. The van der Waals surface area contributed by atoms with Crippen LogP contribution in [0.2, 0.25) is 0 Å². The first kappa shape index (κ1) is 22.1. The number of anilines is 1. The van der Waals surface area contributed by atoms with Gasteiger partial charge in [-0.25, -0.2) is 9.59 Å². The molecule has 0 atom stereocenters. The Morgan fingerprint density at radius 1 is 1.26 bits per heavy atom. The monoisotopic (exact) mass is 432 g/mol. The van der Waals surface area contributed by atoms with Crippen LogP contribution in [0.25, 0.3) is 11.2 Å². The minimum Gasteiger partial charge on any atom is -0.872 e. The Morgan fingerprint density at radius 2 is 1.94 bits per heavy atom. The minimum absolute atomic E-state index is 0.0965.